The SMILES string of the molecule is [Cu+2].c1ccc(-c2ccc3c(c2)-c2nc4nc(nc5[n-]c(nc6[n-]c(nc-3n2)c2ccc(-c3ccccc3)cc62)c2cc(-c3ccccc3)ccc52)-c2ccc(-c3ccccc3)cc2-4)cc1. The number of hydrogen-bond donors (Lipinski definition) is 0. The maximum Gasteiger partial charge on any atom is 2.00 e. The predicted octanol–water partition coefficient (Wildman–Crippen LogP) is 12.8. The van der Waals surface area contributed by atoms with E-state index in [4.69, 9.17) is 39.9 Å². The van der Waals surface area contributed by atoms with Crippen LogP contribution < -0.4 is 9.97 Å². The number of aromatic nitrogens is 8. The van der Waals surface area contributed by atoms with Crippen molar-refractivity contribution < 1.29 is 17.1 Å². The van der Waals surface area contributed by atoms with Crippen molar-refractivity contribution in [1.29, 1.82) is 0 Å². The Morgan fingerprint density at radius 3 is 0.908 bits per heavy atom. The number of nitrogens with zero attached hydrogens (tertiary/aromatic N) is 8. The Labute approximate surface area is 383 Å². The largest absolute Gasteiger partial charge is 2.00 e. The topological polar surface area (TPSA) is 106 Å². The molecule has 0 saturated carbocycles. The van der Waals surface area contributed by atoms with Gasteiger partial charge < -0.3 is 24.9 Å². The minimum absolute atomic E-state index is 0. The Morgan fingerprint density at radius 1 is 0.231 bits per heavy atom. The molecular weight excluding hydrogens is 848 g/mol. The quantitative estimate of drug-likeness (QED) is 0.161. The molecule has 307 valence electrons. The average Bonchev–Trinajstić information content (AvgIpc) is 4.10. The van der Waals surface area contributed by atoms with Crippen LogP contribution in [0.2, 0.25) is 0 Å². The van der Waals surface area contributed by atoms with Gasteiger partial charge in [0.1, 0.15) is 0 Å². The summed E-state index contributed by atoms with van der Waals surface area (Å²) in [7, 11) is 0. The van der Waals surface area contributed by atoms with Crippen LogP contribution in [0.25, 0.3) is 134 Å². The minimum atomic E-state index is 0. The molecule has 1 radical (unpaired) electrons. The van der Waals surface area contributed by atoms with E-state index in [0.717, 1.165) is 88.3 Å². The summed E-state index contributed by atoms with van der Waals surface area (Å²) in [5.74, 6) is 2.04. The summed E-state index contributed by atoms with van der Waals surface area (Å²) >= 11 is 0. The van der Waals surface area contributed by atoms with E-state index in [-0.39, 0.29) is 17.1 Å². The van der Waals surface area contributed by atoms with Crippen molar-refractivity contribution in [2.75, 3.05) is 0 Å². The van der Waals surface area contributed by atoms with E-state index in [9.17, 15) is 0 Å². The molecule has 5 heterocycles. The van der Waals surface area contributed by atoms with Gasteiger partial charge in [0.2, 0.25) is 0 Å². The van der Waals surface area contributed by atoms with Crippen molar-refractivity contribution in [2.45, 2.75) is 0 Å². The molecule has 8 nitrogen and oxygen atoms in total. The number of hydrogen-bond acceptors (Lipinski definition) is 6. The van der Waals surface area contributed by atoms with Crippen LogP contribution in [-0.4, -0.2) is 29.9 Å². The first-order valence-electron chi connectivity index (χ1n) is 21.2. The molecule has 0 atom stereocenters. The van der Waals surface area contributed by atoms with E-state index >= 15 is 0 Å². The van der Waals surface area contributed by atoms with Gasteiger partial charge in [0.25, 0.3) is 0 Å². The van der Waals surface area contributed by atoms with Crippen LogP contribution in [0.4, 0.5) is 0 Å². The maximum absolute atomic E-state index is 5.31. The fraction of sp³-hybridized carbons (Fsp3) is 0. The van der Waals surface area contributed by atoms with E-state index in [2.05, 4.69) is 121 Å². The van der Waals surface area contributed by atoms with Gasteiger partial charge in [0.15, 0.2) is 11.6 Å². The Hall–Kier alpha value is -8.36. The smallest absolute Gasteiger partial charge is 0.357 e. The Bertz CT molecular complexity index is 3580. The molecule has 0 spiro atoms. The van der Waals surface area contributed by atoms with Gasteiger partial charge in [-0.2, -0.15) is 0 Å². The first-order chi connectivity index (χ1) is 31.7. The minimum Gasteiger partial charge on any atom is -0.357 e. The van der Waals surface area contributed by atoms with Crippen LogP contribution >= 0.6 is 0 Å². The second-order valence-electron chi connectivity index (χ2n) is 16.0. The van der Waals surface area contributed by atoms with Crippen LogP contribution in [0.3, 0.4) is 0 Å². The Balaban J connectivity index is 0.00000444. The standard InChI is InChI=1S/C56H32N8.Cu/c1-5-13-33(14-6-1)37-21-25-41-45(29-37)53-59-49(41)57-50-43-27-23-39(35-17-9-3-10-18-35)31-47(43)55(61-50)64-56-48-32-40(36-19-11-4-12-20-36)24-28-44(48)52(62-56)58-51-42-26-22-38(34-15-7-2-8-16-34)30-46(42)54(60-51)63-53;/h1-32H;/q-2;+2. The fourth-order valence-corrected chi connectivity index (χ4v) is 8.90. The van der Waals surface area contributed by atoms with Crippen LogP contribution in [0.1, 0.15) is 0 Å². The molecular formula is C56H32CuN8. The first-order valence-corrected chi connectivity index (χ1v) is 21.2. The van der Waals surface area contributed by atoms with Crippen LogP contribution in [0.5, 0.6) is 0 Å². The molecule has 8 aromatic carbocycles. The molecule has 0 N–H and O–H groups in total. The molecule has 0 aliphatic carbocycles. The van der Waals surface area contributed by atoms with Gasteiger partial charge in [0.05, 0.1) is 11.6 Å². The van der Waals surface area contributed by atoms with Crippen molar-refractivity contribution in [3.8, 4) is 90.1 Å². The van der Waals surface area contributed by atoms with Crippen molar-refractivity contribution in [3.63, 3.8) is 0 Å². The van der Waals surface area contributed by atoms with Gasteiger partial charge in [-0.1, -0.05) is 170 Å². The first kappa shape index (κ1) is 38.3. The zero-order valence-corrected chi connectivity index (χ0v) is 35.3. The van der Waals surface area contributed by atoms with Crippen molar-refractivity contribution in [2.24, 2.45) is 0 Å². The third kappa shape index (κ3) is 6.61. The molecule has 13 rings (SSSR count). The third-order valence-corrected chi connectivity index (χ3v) is 12.1. The van der Waals surface area contributed by atoms with Crippen molar-refractivity contribution in [1.82, 2.24) is 39.9 Å². The molecule has 9 heteroatoms. The second-order valence-corrected chi connectivity index (χ2v) is 16.0. The average molecular weight is 880 g/mol. The molecule has 0 amide bonds. The van der Waals surface area contributed by atoms with Crippen LogP contribution in [0, 0.1) is 0 Å². The van der Waals surface area contributed by atoms with Gasteiger partial charge in [-0.15, -0.1) is 0 Å². The summed E-state index contributed by atoms with van der Waals surface area (Å²) in [4.78, 5) is 41.9. The van der Waals surface area contributed by atoms with Gasteiger partial charge in [0, 0.05) is 44.8 Å². The summed E-state index contributed by atoms with van der Waals surface area (Å²) in [6.45, 7) is 0. The molecule has 0 saturated heterocycles. The summed E-state index contributed by atoms with van der Waals surface area (Å²) in [6.07, 6.45) is 0. The summed E-state index contributed by atoms with van der Waals surface area (Å²) < 4.78 is 0. The fourth-order valence-electron chi connectivity index (χ4n) is 8.90. The van der Waals surface area contributed by atoms with Crippen molar-refractivity contribution in [3.05, 3.63) is 194 Å². The number of rotatable bonds is 4. The molecule has 0 unspecified atom stereocenters. The molecule has 0 fully saturated rings. The Morgan fingerprint density at radius 2 is 0.538 bits per heavy atom. The summed E-state index contributed by atoms with van der Waals surface area (Å²) in [5.41, 5.74) is 14.0. The maximum atomic E-state index is 5.31. The zero-order valence-electron chi connectivity index (χ0n) is 34.4. The zero-order chi connectivity index (χ0) is 42.1. The van der Waals surface area contributed by atoms with Gasteiger partial charge >= 0.3 is 17.1 Å². The van der Waals surface area contributed by atoms with Gasteiger partial charge in [-0.25, -0.2) is 15.0 Å². The molecule has 2 aliphatic rings. The van der Waals surface area contributed by atoms with E-state index in [1.54, 1.807) is 0 Å². The van der Waals surface area contributed by atoms with E-state index in [0.29, 0.717) is 45.9 Å². The van der Waals surface area contributed by atoms with Gasteiger partial charge in [-0.05, 0) is 90.3 Å². The number of fused-ring (bicyclic) bond motifs is 20. The van der Waals surface area contributed by atoms with Crippen LogP contribution in [0.15, 0.2) is 194 Å². The third-order valence-electron chi connectivity index (χ3n) is 12.1. The Kier molecular flexibility index (Phi) is 9.12. The van der Waals surface area contributed by atoms with Gasteiger partial charge in [-0.3, -0.25) is 0 Å². The van der Waals surface area contributed by atoms with Crippen molar-refractivity contribution >= 4 is 44.1 Å². The van der Waals surface area contributed by atoms with E-state index in [1.165, 1.54) is 0 Å². The monoisotopic (exact) mass is 879 g/mol. The predicted molar refractivity (Wildman–Crippen MR) is 256 cm³/mol. The molecule has 2 aliphatic heterocycles. The van der Waals surface area contributed by atoms with Crippen LogP contribution in [-0.2, 0) is 17.1 Å². The van der Waals surface area contributed by atoms with E-state index in [1.807, 2.05) is 72.8 Å². The molecule has 65 heavy (non-hydrogen) atoms. The molecule has 8 bridgehead atoms. The second kappa shape index (κ2) is 15.5. The summed E-state index contributed by atoms with van der Waals surface area (Å²) in [5, 5.41) is 3.41. The number of benzene rings is 8. The molecule has 3 aromatic heterocycles. The normalized spacial score (nSPS) is 11.6. The van der Waals surface area contributed by atoms with E-state index < -0.39 is 0 Å². The summed E-state index contributed by atoms with van der Waals surface area (Å²) in [6, 6.07) is 66.7. The molecule has 11 aromatic rings.